The first-order chi connectivity index (χ1) is 12.7. The maximum atomic E-state index is 11.8. The van der Waals surface area contributed by atoms with E-state index < -0.39 is 0 Å². The molecule has 0 spiro atoms. The monoisotopic (exact) mass is 353 g/mol. The SMILES string of the molecule is C=CCNC(=O)c1ccc(N2CCN(c3ccc(OC)cc3)CC2)nn1. The van der Waals surface area contributed by atoms with Crippen LogP contribution >= 0.6 is 0 Å². The molecule has 1 aliphatic heterocycles. The van der Waals surface area contributed by atoms with E-state index in [2.05, 4.69) is 44.0 Å². The van der Waals surface area contributed by atoms with Crippen LogP contribution in [0.4, 0.5) is 11.5 Å². The molecule has 2 aromatic rings. The molecule has 0 atom stereocenters. The van der Waals surface area contributed by atoms with Gasteiger partial charge < -0.3 is 19.9 Å². The number of carbonyl (C=O) groups is 1. The number of rotatable bonds is 6. The molecule has 7 heteroatoms. The minimum absolute atomic E-state index is 0.242. The molecule has 2 heterocycles. The molecule has 1 amide bonds. The maximum absolute atomic E-state index is 11.8. The minimum atomic E-state index is -0.242. The predicted molar refractivity (Wildman–Crippen MR) is 102 cm³/mol. The molecule has 1 N–H and O–H groups in total. The molecule has 0 radical (unpaired) electrons. The van der Waals surface area contributed by atoms with Crippen LogP contribution < -0.4 is 19.9 Å². The first kappa shape index (κ1) is 17.7. The molecule has 1 aromatic carbocycles. The second-order valence-electron chi connectivity index (χ2n) is 5.95. The topological polar surface area (TPSA) is 70.6 Å². The van der Waals surface area contributed by atoms with Gasteiger partial charge in [-0.1, -0.05) is 6.08 Å². The average Bonchev–Trinajstić information content (AvgIpc) is 2.72. The Bertz CT molecular complexity index is 738. The van der Waals surface area contributed by atoms with Gasteiger partial charge in [0.05, 0.1) is 7.11 Å². The summed E-state index contributed by atoms with van der Waals surface area (Å²) in [6.07, 6.45) is 1.63. The standard InChI is InChI=1S/C19H23N5O2/c1-3-10-20-19(25)17-8-9-18(22-21-17)24-13-11-23(12-14-24)15-4-6-16(26-2)7-5-15/h3-9H,1,10-14H2,2H3,(H,20,25). The van der Waals surface area contributed by atoms with Crippen LogP contribution in [-0.4, -0.2) is 55.9 Å². The predicted octanol–water partition coefficient (Wildman–Crippen LogP) is 1.73. The third kappa shape index (κ3) is 4.11. The minimum Gasteiger partial charge on any atom is -0.497 e. The van der Waals surface area contributed by atoms with Crippen LogP contribution in [-0.2, 0) is 0 Å². The Balaban J connectivity index is 1.57. The van der Waals surface area contributed by atoms with E-state index in [0.29, 0.717) is 12.2 Å². The van der Waals surface area contributed by atoms with Gasteiger partial charge in [0.15, 0.2) is 11.5 Å². The van der Waals surface area contributed by atoms with Crippen LogP contribution in [0.15, 0.2) is 49.1 Å². The number of nitrogens with one attached hydrogen (secondary N) is 1. The van der Waals surface area contributed by atoms with Crippen molar-refractivity contribution in [3.63, 3.8) is 0 Å². The number of hydrogen-bond donors (Lipinski definition) is 1. The van der Waals surface area contributed by atoms with Crippen molar-refractivity contribution < 1.29 is 9.53 Å². The van der Waals surface area contributed by atoms with Crippen molar-refractivity contribution in [2.24, 2.45) is 0 Å². The highest BCUT2D eigenvalue weighted by molar-refractivity contribution is 5.92. The Hall–Kier alpha value is -3.09. The zero-order valence-electron chi connectivity index (χ0n) is 14.9. The molecule has 0 saturated carbocycles. The van der Waals surface area contributed by atoms with Crippen LogP contribution in [0.2, 0.25) is 0 Å². The van der Waals surface area contributed by atoms with Crippen molar-refractivity contribution in [3.05, 3.63) is 54.7 Å². The lowest BCUT2D eigenvalue weighted by Gasteiger charge is -2.36. The second-order valence-corrected chi connectivity index (χ2v) is 5.95. The molecular formula is C19H23N5O2. The smallest absolute Gasteiger partial charge is 0.272 e. The first-order valence-corrected chi connectivity index (χ1v) is 8.58. The number of piperazine rings is 1. The highest BCUT2D eigenvalue weighted by atomic mass is 16.5. The Labute approximate surface area is 153 Å². The number of carbonyl (C=O) groups excluding carboxylic acids is 1. The van der Waals surface area contributed by atoms with Crippen molar-refractivity contribution >= 4 is 17.4 Å². The Kier molecular flexibility index (Phi) is 5.68. The Morgan fingerprint density at radius 3 is 2.38 bits per heavy atom. The molecule has 0 bridgehead atoms. The summed E-state index contributed by atoms with van der Waals surface area (Å²) in [4.78, 5) is 16.4. The lowest BCUT2D eigenvalue weighted by atomic mass is 10.2. The van der Waals surface area contributed by atoms with E-state index in [0.717, 1.165) is 37.7 Å². The summed E-state index contributed by atoms with van der Waals surface area (Å²) in [7, 11) is 1.67. The molecule has 1 saturated heterocycles. The third-order valence-electron chi connectivity index (χ3n) is 4.33. The summed E-state index contributed by atoms with van der Waals surface area (Å²) in [5, 5.41) is 10.9. The number of amides is 1. The number of methoxy groups -OCH3 is 1. The summed E-state index contributed by atoms with van der Waals surface area (Å²) in [6, 6.07) is 11.7. The van der Waals surface area contributed by atoms with Gasteiger partial charge >= 0.3 is 0 Å². The van der Waals surface area contributed by atoms with Gasteiger partial charge in [-0.05, 0) is 36.4 Å². The van der Waals surface area contributed by atoms with E-state index in [1.165, 1.54) is 5.69 Å². The van der Waals surface area contributed by atoms with Gasteiger partial charge in [0.25, 0.3) is 5.91 Å². The maximum Gasteiger partial charge on any atom is 0.272 e. The highest BCUT2D eigenvalue weighted by Gasteiger charge is 2.19. The second kappa shape index (κ2) is 8.33. The number of anilines is 2. The average molecular weight is 353 g/mol. The molecule has 1 fully saturated rings. The summed E-state index contributed by atoms with van der Waals surface area (Å²) in [6.45, 7) is 7.48. The third-order valence-corrected chi connectivity index (χ3v) is 4.33. The van der Waals surface area contributed by atoms with E-state index in [9.17, 15) is 4.79 Å². The molecule has 26 heavy (non-hydrogen) atoms. The van der Waals surface area contributed by atoms with Crippen LogP contribution in [0.3, 0.4) is 0 Å². The number of aromatic nitrogens is 2. The van der Waals surface area contributed by atoms with E-state index in [1.54, 1.807) is 19.3 Å². The van der Waals surface area contributed by atoms with Gasteiger partial charge in [-0.25, -0.2) is 0 Å². The molecular weight excluding hydrogens is 330 g/mol. The fraction of sp³-hybridized carbons (Fsp3) is 0.316. The molecule has 1 aromatic heterocycles. The zero-order chi connectivity index (χ0) is 18.4. The fourth-order valence-electron chi connectivity index (χ4n) is 2.86. The van der Waals surface area contributed by atoms with Gasteiger partial charge in [0.1, 0.15) is 5.75 Å². The Morgan fingerprint density at radius 1 is 1.12 bits per heavy atom. The van der Waals surface area contributed by atoms with Crippen molar-refractivity contribution in [2.45, 2.75) is 0 Å². The van der Waals surface area contributed by atoms with E-state index in [4.69, 9.17) is 4.74 Å². The summed E-state index contributed by atoms with van der Waals surface area (Å²) in [5.41, 5.74) is 1.50. The summed E-state index contributed by atoms with van der Waals surface area (Å²) >= 11 is 0. The van der Waals surface area contributed by atoms with Crippen molar-refractivity contribution in [1.29, 1.82) is 0 Å². The van der Waals surface area contributed by atoms with E-state index in [-0.39, 0.29) is 5.91 Å². The number of nitrogens with zero attached hydrogens (tertiary/aromatic N) is 4. The molecule has 0 unspecified atom stereocenters. The number of hydrogen-bond acceptors (Lipinski definition) is 6. The lowest BCUT2D eigenvalue weighted by Crippen LogP contribution is -2.46. The van der Waals surface area contributed by atoms with E-state index in [1.807, 2.05) is 18.2 Å². The molecule has 1 aliphatic rings. The molecule has 0 aliphatic carbocycles. The van der Waals surface area contributed by atoms with Gasteiger partial charge in [0, 0.05) is 38.4 Å². The Morgan fingerprint density at radius 2 is 1.81 bits per heavy atom. The first-order valence-electron chi connectivity index (χ1n) is 8.58. The highest BCUT2D eigenvalue weighted by Crippen LogP contribution is 2.21. The largest absolute Gasteiger partial charge is 0.497 e. The summed E-state index contributed by atoms with van der Waals surface area (Å²) in [5.74, 6) is 1.41. The number of benzene rings is 1. The molecule has 7 nitrogen and oxygen atoms in total. The van der Waals surface area contributed by atoms with Crippen LogP contribution in [0.25, 0.3) is 0 Å². The van der Waals surface area contributed by atoms with Gasteiger partial charge in [-0.15, -0.1) is 16.8 Å². The zero-order valence-corrected chi connectivity index (χ0v) is 14.9. The van der Waals surface area contributed by atoms with Crippen LogP contribution in [0.5, 0.6) is 5.75 Å². The van der Waals surface area contributed by atoms with Crippen LogP contribution in [0, 0.1) is 0 Å². The molecule has 136 valence electrons. The van der Waals surface area contributed by atoms with Crippen molar-refractivity contribution in [3.8, 4) is 5.75 Å². The normalized spacial score (nSPS) is 14.0. The summed E-state index contributed by atoms with van der Waals surface area (Å²) < 4.78 is 5.20. The quantitative estimate of drug-likeness (QED) is 0.798. The van der Waals surface area contributed by atoms with Gasteiger partial charge in [-0.3, -0.25) is 4.79 Å². The molecule has 3 rings (SSSR count). The lowest BCUT2D eigenvalue weighted by molar-refractivity contribution is 0.0952. The van der Waals surface area contributed by atoms with E-state index >= 15 is 0 Å². The van der Waals surface area contributed by atoms with Gasteiger partial charge in [-0.2, -0.15) is 0 Å². The van der Waals surface area contributed by atoms with Gasteiger partial charge in [0.2, 0.25) is 0 Å². The van der Waals surface area contributed by atoms with Crippen molar-refractivity contribution in [1.82, 2.24) is 15.5 Å². The van der Waals surface area contributed by atoms with Crippen LogP contribution in [0.1, 0.15) is 10.5 Å². The fourth-order valence-corrected chi connectivity index (χ4v) is 2.86. The van der Waals surface area contributed by atoms with Crippen molar-refractivity contribution in [2.75, 3.05) is 49.6 Å². The number of ether oxygens (including phenoxy) is 1.